The second-order valence-corrected chi connectivity index (χ2v) is 8.89. The third kappa shape index (κ3) is 3.72. The van der Waals surface area contributed by atoms with Crippen molar-refractivity contribution in [1.29, 1.82) is 0 Å². The summed E-state index contributed by atoms with van der Waals surface area (Å²) in [6.45, 7) is 7.77. The normalized spacial score (nSPS) is 20.7. The molecule has 0 atom stereocenters. The molecule has 5 nitrogen and oxygen atoms in total. The van der Waals surface area contributed by atoms with Gasteiger partial charge in [0.25, 0.3) is 0 Å². The Labute approximate surface area is 166 Å². The van der Waals surface area contributed by atoms with Gasteiger partial charge in [0.1, 0.15) is 5.58 Å². The molecule has 3 heterocycles. The van der Waals surface area contributed by atoms with Gasteiger partial charge in [0, 0.05) is 38.0 Å². The minimum absolute atomic E-state index is 0.270. The molecule has 2 aliphatic rings. The van der Waals surface area contributed by atoms with E-state index in [4.69, 9.17) is 4.42 Å². The van der Waals surface area contributed by atoms with Crippen molar-refractivity contribution < 1.29 is 9.21 Å². The van der Waals surface area contributed by atoms with E-state index in [0.717, 1.165) is 68.4 Å². The van der Waals surface area contributed by atoms with E-state index in [2.05, 4.69) is 24.0 Å². The van der Waals surface area contributed by atoms with Crippen molar-refractivity contribution in [1.82, 2.24) is 9.80 Å². The van der Waals surface area contributed by atoms with Crippen LogP contribution in [-0.4, -0.2) is 42.4 Å². The molecule has 0 unspecified atom stereocenters. The molecule has 150 valence electrons. The Balaban J connectivity index is 1.51. The molecule has 1 aromatic heterocycles. The van der Waals surface area contributed by atoms with Crippen molar-refractivity contribution in [3.63, 3.8) is 0 Å². The summed E-state index contributed by atoms with van der Waals surface area (Å²) in [5.74, 6) is 0.285. The lowest BCUT2D eigenvalue weighted by molar-refractivity contribution is -0.129. The first-order valence-corrected chi connectivity index (χ1v) is 10.4. The van der Waals surface area contributed by atoms with Crippen LogP contribution in [0.15, 0.2) is 27.4 Å². The standard InChI is InChI=1S/C23H30N2O3/c1-16-12-17(2)22-19(13-16)18(14-21(27)28-22)15-25-10-7-23(8-11-25)5-4-20(26)24(3)9-6-23/h12-14H,4-11,15H2,1-3H3. The summed E-state index contributed by atoms with van der Waals surface area (Å²) in [7, 11) is 1.92. The summed E-state index contributed by atoms with van der Waals surface area (Å²) >= 11 is 0. The first-order valence-electron chi connectivity index (χ1n) is 10.4. The van der Waals surface area contributed by atoms with Crippen molar-refractivity contribution in [2.24, 2.45) is 5.41 Å². The Morgan fingerprint density at radius 2 is 1.71 bits per heavy atom. The number of rotatable bonds is 2. The van der Waals surface area contributed by atoms with E-state index in [1.54, 1.807) is 6.07 Å². The van der Waals surface area contributed by atoms with E-state index in [-0.39, 0.29) is 11.5 Å². The fourth-order valence-electron chi connectivity index (χ4n) is 4.95. The Morgan fingerprint density at radius 3 is 2.46 bits per heavy atom. The molecular weight excluding hydrogens is 352 g/mol. The second-order valence-electron chi connectivity index (χ2n) is 8.89. The quantitative estimate of drug-likeness (QED) is 0.744. The van der Waals surface area contributed by atoms with E-state index in [1.165, 1.54) is 5.56 Å². The summed E-state index contributed by atoms with van der Waals surface area (Å²) in [6, 6.07) is 5.84. The summed E-state index contributed by atoms with van der Waals surface area (Å²) < 4.78 is 5.49. The number of hydrogen-bond acceptors (Lipinski definition) is 4. The fourth-order valence-corrected chi connectivity index (χ4v) is 4.95. The zero-order chi connectivity index (χ0) is 19.9. The van der Waals surface area contributed by atoms with Crippen molar-refractivity contribution in [2.45, 2.75) is 52.5 Å². The number of likely N-dealkylation sites (tertiary alicyclic amines) is 2. The number of aryl methyl sites for hydroxylation is 2. The van der Waals surface area contributed by atoms with Gasteiger partial charge in [-0.3, -0.25) is 9.69 Å². The number of hydrogen-bond donors (Lipinski definition) is 0. The molecule has 2 fully saturated rings. The third-order valence-corrected chi connectivity index (χ3v) is 6.84. The van der Waals surface area contributed by atoms with Crippen molar-refractivity contribution in [3.05, 3.63) is 45.3 Å². The van der Waals surface area contributed by atoms with Gasteiger partial charge in [0.2, 0.25) is 5.91 Å². The SMILES string of the molecule is Cc1cc(C)c2oc(=O)cc(CN3CCC4(CCC(=O)N(C)CC4)CC3)c2c1. The number of carbonyl (C=O) groups excluding carboxylic acids is 1. The van der Waals surface area contributed by atoms with E-state index < -0.39 is 0 Å². The smallest absolute Gasteiger partial charge is 0.336 e. The number of fused-ring (bicyclic) bond motifs is 1. The number of carbonyl (C=O) groups is 1. The Kier molecular flexibility index (Phi) is 5.04. The van der Waals surface area contributed by atoms with Crippen LogP contribution in [0.25, 0.3) is 11.0 Å². The minimum atomic E-state index is -0.270. The zero-order valence-electron chi connectivity index (χ0n) is 17.2. The molecule has 0 bridgehead atoms. The summed E-state index contributed by atoms with van der Waals surface area (Å²) in [5, 5.41) is 1.05. The highest BCUT2D eigenvalue weighted by atomic mass is 16.4. The van der Waals surface area contributed by atoms with E-state index in [1.807, 2.05) is 18.9 Å². The maximum absolute atomic E-state index is 12.1. The molecule has 2 aliphatic heterocycles. The molecule has 1 aromatic carbocycles. The summed E-state index contributed by atoms with van der Waals surface area (Å²) in [5.41, 5.74) is 4.01. The van der Waals surface area contributed by atoms with Gasteiger partial charge in [-0.2, -0.15) is 0 Å². The predicted molar refractivity (Wildman–Crippen MR) is 110 cm³/mol. The highest BCUT2D eigenvalue weighted by molar-refractivity contribution is 5.83. The maximum atomic E-state index is 12.1. The van der Waals surface area contributed by atoms with Crippen LogP contribution < -0.4 is 5.63 Å². The highest BCUT2D eigenvalue weighted by Crippen LogP contribution is 2.41. The number of nitrogens with zero attached hydrogens (tertiary/aromatic N) is 2. The van der Waals surface area contributed by atoms with Crippen molar-refractivity contribution >= 4 is 16.9 Å². The van der Waals surface area contributed by atoms with Gasteiger partial charge in [-0.15, -0.1) is 0 Å². The minimum Gasteiger partial charge on any atom is -0.422 e. The van der Waals surface area contributed by atoms with E-state index >= 15 is 0 Å². The van der Waals surface area contributed by atoms with Gasteiger partial charge in [-0.25, -0.2) is 4.79 Å². The van der Waals surface area contributed by atoms with Crippen LogP contribution in [0.4, 0.5) is 0 Å². The number of benzene rings is 1. The Hall–Kier alpha value is -2.14. The monoisotopic (exact) mass is 382 g/mol. The largest absolute Gasteiger partial charge is 0.422 e. The molecule has 2 saturated heterocycles. The van der Waals surface area contributed by atoms with Crippen LogP contribution in [0.1, 0.15) is 48.8 Å². The van der Waals surface area contributed by atoms with Gasteiger partial charge in [0.15, 0.2) is 0 Å². The van der Waals surface area contributed by atoms with Crippen LogP contribution in [0.5, 0.6) is 0 Å². The van der Waals surface area contributed by atoms with Crippen molar-refractivity contribution in [2.75, 3.05) is 26.7 Å². The second kappa shape index (κ2) is 7.36. The molecule has 4 rings (SSSR count). The predicted octanol–water partition coefficient (Wildman–Crippen LogP) is 3.63. The lowest BCUT2D eigenvalue weighted by Crippen LogP contribution is -2.40. The Morgan fingerprint density at radius 1 is 1.00 bits per heavy atom. The first-order chi connectivity index (χ1) is 13.3. The third-order valence-electron chi connectivity index (χ3n) is 6.84. The molecule has 0 N–H and O–H groups in total. The summed E-state index contributed by atoms with van der Waals surface area (Å²) in [6.07, 6.45) is 5.07. The van der Waals surface area contributed by atoms with Gasteiger partial charge < -0.3 is 9.32 Å². The van der Waals surface area contributed by atoms with Crippen LogP contribution in [-0.2, 0) is 11.3 Å². The van der Waals surface area contributed by atoms with Crippen LogP contribution in [0, 0.1) is 19.3 Å². The lowest BCUT2D eigenvalue weighted by atomic mass is 9.73. The van der Waals surface area contributed by atoms with Crippen LogP contribution in [0.2, 0.25) is 0 Å². The zero-order valence-corrected chi connectivity index (χ0v) is 17.2. The number of amides is 1. The van der Waals surface area contributed by atoms with Gasteiger partial charge in [-0.05, 0) is 80.8 Å². The van der Waals surface area contributed by atoms with Crippen LogP contribution in [0.3, 0.4) is 0 Å². The molecule has 5 heteroatoms. The van der Waals surface area contributed by atoms with Gasteiger partial charge >= 0.3 is 5.63 Å². The molecule has 1 spiro atoms. The van der Waals surface area contributed by atoms with E-state index in [9.17, 15) is 9.59 Å². The molecule has 0 radical (unpaired) electrons. The lowest BCUT2D eigenvalue weighted by Gasteiger charge is -2.41. The molecule has 0 saturated carbocycles. The van der Waals surface area contributed by atoms with Crippen LogP contribution >= 0.6 is 0 Å². The average molecular weight is 383 g/mol. The molecule has 1 amide bonds. The highest BCUT2D eigenvalue weighted by Gasteiger charge is 2.37. The van der Waals surface area contributed by atoms with Crippen molar-refractivity contribution in [3.8, 4) is 0 Å². The molecular formula is C23H30N2O3. The Bertz CT molecular complexity index is 954. The molecule has 28 heavy (non-hydrogen) atoms. The first kappa shape index (κ1) is 19.2. The van der Waals surface area contributed by atoms with Gasteiger partial charge in [-0.1, -0.05) is 6.07 Å². The maximum Gasteiger partial charge on any atom is 0.336 e. The topological polar surface area (TPSA) is 53.8 Å². The molecule has 0 aliphatic carbocycles. The average Bonchev–Trinajstić information content (AvgIpc) is 2.79. The van der Waals surface area contributed by atoms with Gasteiger partial charge in [0.05, 0.1) is 0 Å². The summed E-state index contributed by atoms with van der Waals surface area (Å²) in [4.78, 5) is 28.5. The number of piperidine rings is 1. The van der Waals surface area contributed by atoms with E-state index in [0.29, 0.717) is 17.4 Å². The fraction of sp³-hybridized carbons (Fsp3) is 0.565. The molecule has 2 aromatic rings.